The summed E-state index contributed by atoms with van der Waals surface area (Å²) in [7, 11) is 0. The minimum Gasteiger partial charge on any atom is -0.383 e. The summed E-state index contributed by atoms with van der Waals surface area (Å²) in [6.45, 7) is 3.12. The fraction of sp³-hybridized carbons (Fsp3) is 0.417. The molecular weight excluding hydrogens is 448 g/mol. The van der Waals surface area contributed by atoms with Crippen molar-refractivity contribution in [3.05, 3.63) is 41.5 Å². The largest absolute Gasteiger partial charge is 0.383 e. The van der Waals surface area contributed by atoms with Crippen molar-refractivity contribution in [1.82, 2.24) is 35.5 Å². The van der Waals surface area contributed by atoms with Gasteiger partial charge in [0, 0.05) is 35.3 Å². The van der Waals surface area contributed by atoms with Crippen molar-refractivity contribution >= 4 is 29.2 Å². The monoisotopic (exact) mass is 474 g/mol. The van der Waals surface area contributed by atoms with Crippen LogP contribution in [0.15, 0.2) is 24.5 Å². The molecule has 0 saturated carbocycles. The van der Waals surface area contributed by atoms with Gasteiger partial charge in [0.15, 0.2) is 17.0 Å². The Bertz CT molecular complexity index is 1390. The van der Waals surface area contributed by atoms with E-state index in [1.54, 1.807) is 25.4 Å². The SMILES string of the molecule is CC(=O)c1c(C2CC3CCC(C2)N3)nc2c(-c3ccc(C4(C)NC(=O)NC4=O)nc3)cnn2c1N. The molecule has 180 valence electrons. The number of hydrogen-bond donors (Lipinski definition) is 4. The van der Waals surface area contributed by atoms with E-state index in [-0.39, 0.29) is 17.5 Å². The summed E-state index contributed by atoms with van der Waals surface area (Å²) in [6, 6.07) is 3.83. The molecule has 3 fully saturated rings. The number of fused-ring (bicyclic) bond motifs is 3. The Hall–Kier alpha value is -3.86. The van der Waals surface area contributed by atoms with E-state index in [1.165, 1.54) is 11.4 Å². The lowest BCUT2D eigenvalue weighted by atomic mass is 9.86. The zero-order valence-electron chi connectivity index (χ0n) is 19.5. The van der Waals surface area contributed by atoms with E-state index in [4.69, 9.17) is 10.7 Å². The fourth-order valence-corrected chi connectivity index (χ4v) is 5.75. The number of ketones is 1. The molecule has 11 nitrogen and oxygen atoms in total. The summed E-state index contributed by atoms with van der Waals surface area (Å²) in [5.41, 5.74) is 8.85. The van der Waals surface area contributed by atoms with Crippen molar-refractivity contribution in [3.8, 4) is 11.1 Å². The first-order chi connectivity index (χ1) is 16.7. The smallest absolute Gasteiger partial charge is 0.322 e. The van der Waals surface area contributed by atoms with Gasteiger partial charge in [-0.2, -0.15) is 9.61 Å². The van der Waals surface area contributed by atoms with Gasteiger partial charge >= 0.3 is 6.03 Å². The summed E-state index contributed by atoms with van der Waals surface area (Å²) in [5.74, 6) is -0.138. The molecule has 6 heterocycles. The average Bonchev–Trinajstić information content (AvgIpc) is 3.48. The van der Waals surface area contributed by atoms with Crippen LogP contribution in [0.5, 0.6) is 0 Å². The number of carbonyl (C=O) groups is 3. The number of amides is 3. The van der Waals surface area contributed by atoms with Gasteiger partial charge in [-0.25, -0.2) is 9.78 Å². The molecule has 35 heavy (non-hydrogen) atoms. The molecule has 3 aromatic heterocycles. The normalized spacial score (nSPS) is 27.8. The Labute approximate surface area is 200 Å². The van der Waals surface area contributed by atoms with E-state index in [0.29, 0.717) is 34.6 Å². The quantitative estimate of drug-likeness (QED) is 0.328. The predicted octanol–water partition coefficient (Wildman–Crippen LogP) is 1.63. The molecule has 3 atom stereocenters. The van der Waals surface area contributed by atoms with E-state index >= 15 is 0 Å². The maximum atomic E-state index is 12.6. The van der Waals surface area contributed by atoms with Crippen molar-refractivity contribution in [2.45, 2.75) is 63.1 Å². The van der Waals surface area contributed by atoms with Crippen LogP contribution in [-0.2, 0) is 10.3 Å². The van der Waals surface area contributed by atoms with Crippen LogP contribution in [0.25, 0.3) is 16.8 Å². The maximum Gasteiger partial charge on any atom is 0.322 e. The van der Waals surface area contributed by atoms with Crippen molar-refractivity contribution < 1.29 is 14.4 Å². The second-order valence-corrected chi connectivity index (χ2v) is 9.88. The Morgan fingerprint density at radius 1 is 1.17 bits per heavy atom. The third-order valence-electron chi connectivity index (χ3n) is 7.55. The number of nitrogen functional groups attached to an aromatic ring is 1. The molecule has 0 aliphatic carbocycles. The molecule has 11 heteroatoms. The highest BCUT2D eigenvalue weighted by molar-refractivity contribution is 6.07. The van der Waals surface area contributed by atoms with Gasteiger partial charge in [0.05, 0.1) is 23.1 Å². The standard InChI is InChI=1S/C24H26N8O3/c1-11(33)18-19(13-7-14-4-5-15(8-13)28-14)29-21-16(10-27-32(21)20(18)25)12-3-6-17(26-9-12)24(2)22(34)30-23(35)31-24/h3,6,9-10,13-15,28H,4-5,7-8,25H2,1-2H3,(H2,30,31,34,35). The average molecular weight is 475 g/mol. The molecule has 0 spiro atoms. The molecule has 3 unspecified atom stereocenters. The number of nitrogens with two attached hydrogens (primary N) is 1. The third kappa shape index (κ3) is 3.29. The maximum absolute atomic E-state index is 12.6. The van der Waals surface area contributed by atoms with Gasteiger partial charge in [-0.3, -0.25) is 19.9 Å². The summed E-state index contributed by atoms with van der Waals surface area (Å²) in [4.78, 5) is 45.9. The third-order valence-corrected chi connectivity index (χ3v) is 7.55. The van der Waals surface area contributed by atoms with Crippen LogP contribution in [0, 0.1) is 0 Å². The van der Waals surface area contributed by atoms with E-state index in [1.807, 2.05) is 6.07 Å². The first-order valence-electron chi connectivity index (χ1n) is 11.8. The number of hydrogen-bond acceptors (Lipinski definition) is 8. The Kier molecular flexibility index (Phi) is 4.69. The number of imide groups is 1. The lowest BCUT2D eigenvalue weighted by Crippen LogP contribution is -2.41. The van der Waals surface area contributed by atoms with Gasteiger partial charge in [0.2, 0.25) is 0 Å². The second-order valence-electron chi connectivity index (χ2n) is 9.88. The summed E-state index contributed by atoms with van der Waals surface area (Å²) >= 11 is 0. The molecule has 3 aliphatic heterocycles. The lowest BCUT2D eigenvalue weighted by molar-refractivity contribution is -0.123. The second kappa shape index (κ2) is 7.57. The van der Waals surface area contributed by atoms with Crippen LogP contribution in [0.1, 0.15) is 67.2 Å². The van der Waals surface area contributed by atoms with Crippen molar-refractivity contribution in [3.63, 3.8) is 0 Å². The van der Waals surface area contributed by atoms with Crippen LogP contribution in [0.4, 0.5) is 10.6 Å². The van der Waals surface area contributed by atoms with Crippen molar-refractivity contribution in [2.75, 3.05) is 5.73 Å². The molecule has 3 saturated heterocycles. The van der Waals surface area contributed by atoms with Crippen molar-refractivity contribution in [2.24, 2.45) is 0 Å². The minimum absolute atomic E-state index is 0.119. The van der Waals surface area contributed by atoms with Crippen LogP contribution in [0.2, 0.25) is 0 Å². The first-order valence-corrected chi connectivity index (χ1v) is 11.8. The van der Waals surface area contributed by atoms with E-state index < -0.39 is 17.5 Å². The lowest BCUT2D eigenvalue weighted by Gasteiger charge is -2.30. The van der Waals surface area contributed by atoms with Crippen LogP contribution in [-0.4, -0.2) is 49.4 Å². The van der Waals surface area contributed by atoms with Crippen molar-refractivity contribution in [1.29, 1.82) is 0 Å². The molecule has 3 aromatic rings. The highest BCUT2D eigenvalue weighted by Crippen LogP contribution is 2.40. The Morgan fingerprint density at radius 2 is 1.91 bits per heavy atom. The van der Waals surface area contributed by atoms with Crippen LogP contribution < -0.4 is 21.7 Å². The van der Waals surface area contributed by atoms with Gasteiger partial charge in [-0.1, -0.05) is 6.07 Å². The number of nitrogens with one attached hydrogen (secondary N) is 3. The molecule has 0 radical (unpaired) electrons. The first kappa shape index (κ1) is 21.7. The summed E-state index contributed by atoms with van der Waals surface area (Å²) < 4.78 is 1.51. The van der Waals surface area contributed by atoms with Crippen LogP contribution in [0.3, 0.4) is 0 Å². The zero-order chi connectivity index (χ0) is 24.5. The predicted molar refractivity (Wildman–Crippen MR) is 127 cm³/mol. The number of carbonyl (C=O) groups excluding carboxylic acids is 3. The number of urea groups is 1. The molecule has 3 aliphatic rings. The molecule has 3 amide bonds. The molecular formula is C24H26N8O3. The van der Waals surface area contributed by atoms with Gasteiger partial charge in [0.1, 0.15) is 5.82 Å². The van der Waals surface area contributed by atoms with E-state index in [0.717, 1.165) is 36.9 Å². The fourth-order valence-electron chi connectivity index (χ4n) is 5.75. The minimum atomic E-state index is -1.24. The molecule has 5 N–H and O–H groups in total. The molecule has 0 aromatic carbocycles. The van der Waals surface area contributed by atoms with Gasteiger partial charge in [-0.15, -0.1) is 0 Å². The number of aromatic nitrogens is 4. The Morgan fingerprint density at radius 3 is 2.51 bits per heavy atom. The van der Waals surface area contributed by atoms with Crippen LogP contribution >= 0.6 is 0 Å². The van der Waals surface area contributed by atoms with Gasteiger partial charge < -0.3 is 16.4 Å². The van der Waals surface area contributed by atoms with E-state index in [9.17, 15) is 14.4 Å². The number of pyridine rings is 1. The van der Waals surface area contributed by atoms with E-state index in [2.05, 4.69) is 26.0 Å². The highest BCUT2D eigenvalue weighted by Gasteiger charge is 2.44. The number of anilines is 1. The number of rotatable bonds is 4. The number of piperidine rings is 1. The molecule has 2 bridgehead atoms. The number of Topliss-reactive ketones (excluding diaryl/α,β-unsaturated/α-hetero) is 1. The van der Waals surface area contributed by atoms with Gasteiger partial charge in [-0.05, 0) is 45.6 Å². The summed E-state index contributed by atoms with van der Waals surface area (Å²) in [5, 5.41) is 12.9. The Balaban J connectivity index is 1.43. The van der Waals surface area contributed by atoms with Gasteiger partial charge in [0.25, 0.3) is 5.91 Å². The zero-order valence-corrected chi connectivity index (χ0v) is 19.5. The topological polar surface area (TPSA) is 156 Å². The number of nitrogens with zero attached hydrogens (tertiary/aromatic N) is 4. The highest BCUT2D eigenvalue weighted by atomic mass is 16.2. The molecule has 6 rings (SSSR count). The summed E-state index contributed by atoms with van der Waals surface area (Å²) in [6.07, 6.45) is 7.40.